The van der Waals surface area contributed by atoms with Gasteiger partial charge in [0.15, 0.2) is 16.8 Å². The topological polar surface area (TPSA) is 81.4 Å². The van der Waals surface area contributed by atoms with E-state index in [1.807, 2.05) is 60.8 Å². The van der Waals surface area contributed by atoms with Gasteiger partial charge < -0.3 is 9.15 Å². The van der Waals surface area contributed by atoms with Gasteiger partial charge in [-0.1, -0.05) is 42.5 Å². The van der Waals surface area contributed by atoms with E-state index >= 15 is 0 Å². The zero-order valence-electron chi connectivity index (χ0n) is 21.5. The first-order chi connectivity index (χ1) is 19.2. The van der Waals surface area contributed by atoms with Crippen molar-refractivity contribution in [3.63, 3.8) is 0 Å². The van der Waals surface area contributed by atoms with Crippen molar-refractivity contribution < 1.29 is 26.2 Å². The third kappa shape index (κ3) is 6.79. The summed E-state index contributed by atoms with van der Waals surface area (Å²) in [6, 6.07) is 32.5. The van der Waals surface area contributed by atoms with E-state index in [2.05, 4.69) is 39.1 Å². The summed E-state index contributed by atoms with van der Waals surface area (Å²) < 4.78 is 12.0. The molecule has 6 rings (SSSR count). The Bertz CT molecular complexity index is 1690. The van der Waals surface area contributed by atoms with Gasteiger partial charge in [0.1, 0.15) is 23.6 Å². The zero-order valence-corrected chi connectivity index (χ0v) is 22.5. The number of rotatable bonds is 9. The Morgan fingerprint density at radius 2 is 1.52 bits per heavy atom. The van der Waals surface area contributed by atoms with Crippen molar-refractivity contribution in [1.29, 1.82) is 0 Å². The van der Waals surface area contributed by atoms with Gasteiger partial charge in [-0.25, -0.2) is 4.98 Å². The molecule has 8 heteroatoms. The molecule has 0 saturated heterocycles. The van der Waals surface area contributed by atoms with E-state index in [1.54, 1.807) is 12.1 Å². The van der Waals surface area contributed by atoms with Gasteiger partial charge in [-0.2, -0.15) is 0 Å². The van der Waals surface area contributed by atoms with Crippen molar-refractivity contribution in [3.8, 4) is 17.2 Å². The molecule has 0 fully saturated rings. The predicted molar refractivity (Wildman–Crippen MR) is 149 cm³/mol. The van der Waals surface area contributed by atoms with E-state index in [0.29, 0.717) is 41.5 Å². The van der Waals surface area contributed by atoms with Crippen LogP contribution in [0.25, 0.3) is 22.6 Å². The molecule has 0 saturated carbocycles. The Kier molecular flexibility index (Phi) is 8.62. The van der Waals surface area contributed by atoms with Crippen molar-refractivity contribution in [2.45, 2.75) is 26.2 Å². The molecular formula is C32H26CuN4O3+2. The molecule has 1 radical (unpaired) electrons. The van der Waals surface area contributed by atoms with Crippen molar-refractivity contribution in [2.75, 3.05) is 0 Å². The van der Waals surface area contributed by atoms with Crippen molar-refractivity contribution in [2.24, 2.45) is 0 Å². The number of benzene rings is 3. The van der Waals surface area contributed by atoms with E-state index in [4.69, 9.17) is 14.1 Å². The van der Waals surface area contributed by atoms with Crippen LogP contribution < -0.4 is 10.2 Å². The predicted octanol–water partition coefficient (Wildman–Crippen LogP) is 5.86. The van der Waals surface area contributed by atoms with Crippen LogP contribution in [0.15, 0.2) is 119 Å². The molecule has 40 heavy (non-hydrogen) atoms. The minimum absolute atomic E-state index is 0. The van der Waals surface area contributed by atoms with Gasteiger partial charge in [0.05, 0.1) is 17.1 Å². The smallest absolute Gasteiger partial charge is 0.487 e. The fourth-order valence-corrected chi connectivity index (χ4v) is 4.49. The third-order valence-corrected chi connectivity index (χ3v) is 6.32. The molecule has 7 nitrogen and oxygen atoms in total. The van der Waals surface area contributed by atoms with Gasteiger partial charge in [0, 0.05) is 38.0 Å². The molecule has 0 amide bonds. The minimum Gasteiger partial charge on any atom is -0.487 e. The second kappa shape index (κ2) is 12.7. The molecular weight excluding hydrogens is 552 g/mol. The normalized spacial score (nSPS) is 11.0. The monoisotopic (exact) mass is 577 g/mol. The molecule has 2 aromatic heterocycles. The second-order valence-corrected chi connectivity index (χ2v) is 9.33. The molecule has 4 aromatic rings. The fraction of sp³-hybridized carbons (Fsp3) is 0.125. The number of hydrogen-bond acceptors (Lipinski definition) is 7. The molecule has 201 valence electrons. The average Bonchev–Trinajstić information content (AvgIpc) is 2.96. The SMILES string of the molecule is O=c1ccc2nc3ccc(OCc4cccc(CN(Cc5ccccc5)Cc5ccccn5)n4)cc3oc-2c1.[Cu+2]. The van der Waals surface area contributed by atoms with Gasteiger partial charge in [-0.15, -0.1) is 0 Å². The van der Waals surface area contributed by atoms with E-state index in [0.717, 1.165) is 30.2 Å². The van der Waals surface area contributed by atoms with Crippen LogP contribution in [0.4, 0.5) is 0 Å². The molecule has 3 heterocycles. The first kappa shape index (κ1) is 27.2. The summed E-state index contributed by atoms with van der Waals surface area (Å²) in [5, 5.41) is 0. The standard InChI is InChI=1S/C32H26N4O3.Cu/c37-27-12-14-29-31(17-27)39-32-18-28(13-15-30(32)35-29)38-22-26-11-6-10-25(34-26)21-36(19-23-7-2-1-3-8-23)20-24-9-4-5-16-33-24;/h1-18H,19-22H2;/q;+2. The Morgan fingerprint density at radius 3 is 2.38 bits per heavy atom. The molecule has 1 aliphatic carbocycles. The minimum atomic E-state index is -0.117. The van der Waals surface area contributed by atoms with Crippen LogP contribution in [-0.2, 0) is 43.3 Å². The van der Waals surface area contributed by atoms with E-state index in [1.165, 1.54) is 17.7 Å². The van der Waals surface area contributed by atoms with Gasteiger partial charge in [-0.05, 0) is 54.1 Å². The largest absolute Gasteiger partial charge is 2.00 e. The van der Waals surface area contributed by atoms with E-state index in [9.17, 15) is 4.79 Å². The maximum absolute atomic E-state index is 11.7. The van der Waals surface area contributed by atoms with Crippen LogP contribution >= 0.6 is 0 Å². The molecule has 0 spiro atoms. The molecule has 2 aliphatic rings. The number of ether oxygens (including phenoxy) is 1. The number of fused-ring (bicyclic) bond motifs is 2. The molecule has 0 bridgehead atoms. The van der Waals surface area contributed by atoms with Gasteiger partial charge in [-0.3, -0.25) is 19.7 Å². The number of hydrogen-bond donors (Lipinski definition) is 0. The summed E-state index contributed by atoms with van der Waals surface area (Å²) >= 11 is 0. The zero-order chi connectivity index (χ0) is 26.4. The Hall–Kier alpha value is -4.36. The molecule has 0 N–H and O–H groups in total. The summed E-state index contributed by atoms with van der Waals surface area (Å²) in [5.74, 6) is 1.09. The van der Waals surface area contributed by atoms with Crippen molar-refractivity contribution in [1.82, 2.24) is 19.9 Å². The average molecular weight is 578 g/mol. The van der Waals surface area contributed by atoms with Crippen LogP contribution in [0, 0.1) is 0 Å². The number of aromatic nitrogens is 3. The Labute approximate surface area is 242 Å². The summed E-state index contributed by atoms with van der Waals surface area (Å²) in [6.45, 7) is 2.49. The van der Waals surface area contributed by atoms with E-state index in [-0.39, 0.29) is 22.5 Å². The van der Waals surface area contributed by atoms with Crippen molar-refractivity contribution in [3.05, 3.63) is 142 Å². The van der Waals surface area contributed by atoms with Crippen LogP contribution in [0.5, 0.6) is 5.75 Å². The van der Waals surface area contributed by atoms with Crippen LogP contribution in [0.1, 0.15) is 22.6 Å². The number of pyridine rings is 2. The quantitative estimate of drug-likeness (QED) is 0.157. The fourth-order valence-electron chi connectivity index (χ4n) is 4.49. The molecule has 2 aromatic carbocycles. The molecule has 0 atom stereocenters. The van der Waals surface area contributed by atoms with Gasteiger partial charge >= 0.3 is 17.1 Å². The van der Waals surface area contributed by atoms with Crippen LogP contribution in [0.2, 0.25) is 0 Å². The Balaban J connectivity index is 0.00000323. The summed E-state index contributed by atoms with van der Waals surface area (Å²) in [6.07, 6.45) is 1.83. The Morgan fingerprint density at radius 1 is 0.725 bits per heavy atom. The summed E-state index contributed by atoms with van der Waals surface area (Å²) in [7, 11) is 0. The van der Waals surface area contributed by atoms with Crippen LogP contribution in [0.3, 0.4) is 0 Å². The van der Waals surface area contributed by atoms with Crippen molar-refractivity contribution >= 4 is 11.1 Å². The maximum atomic E-state index is 11.7. The first-order valence-electron chi connectivity index (χ1n) is 12.8. The molecule has 1 aliphatic heterocycles. The second-order valence-electron chi connectivity index (χ2n) is 9.33. The number of nitrogens with zero attached hydrogens (tertiary/aromatic N) is 4. The third-order valence-electron chi connectivity index (χ3n) is 6.32. The van der Waals surface area contributed by atoms with E-state index < -0.39 is 0 Å². The van der Waals surface area contributed by atoms with Crippen LogP contribution in [-0.4, -0.2) is 19.9 Å². The summed E-state index contributed by atoms with van der Waals surface area (Å²) in [5.41, 5.74) is 5.81. The summed E-state index contributed by atoms with van der Waals surface area (Å²) in [4.78, 5) is 28.0. The van der Waals surface area contributed by atoms with Gasteiger partial charge in [0.2, 0.25) is 0 Å². The maximum Gasteiger partial charge on any atom is 2.00 e. The van der Waals surface area contributed by atoms with Gasteiger partial charge in [0.25, 0.3) is 0 Å². The molecule has 0 unspecified atom stereocenters. The first-order valence-corrected chi connectivity index (χ1v) is 12.8.